The summed E-state index contributed by atoms with van der Waals surface area (Å²) in [5.41, 5.74) is 7.94. The van der Waals surface area contributed by atoms with Crippen molar-refractivity contribution >= 4 is 23.2 Å². The molecule has 92 valence electrons. The molecule has 0 aliphatic carbocycles. The smallest absolute Gasteiger partial charge is 0.249 e. The van der Waals surface area contributed by atoms with E-state index in [1.165, 1.54) is 0 Å². The molecule has 3 N–H and O–H groups in total. The second-order valence-electron chi connectivity index (χ2n) is 3.72. The number of nitrogens with two attached hydrogens (primary N) is 1. The fraction of sp³-hybridized carbons (Fsp3) is 0.0769. The first kappa shape index (κ1) is 12.4. The lowest BCUT2D eigenvalue weighted by molar-refractivity contribution is 0.100. The Hall–Kier alpha value is -2.07. The second kappa shape index (κ2) is 5.06. The van der Waals surface area contributed by atoms with Gasteiger partial charge in [-0.1, -0.05) is 17.7 Å². The van der Waals surface area contributed by atoms with Crippen LogP contribution in [-0.4, -0.2) is 17.9 Å². The third kappa shape index (κ3) is 2.43. The predicted octanol–water partition coefficient (Wildman–Crippen LogP) is 2.54. The maximum atomic E-state index is 11.4. The first-order chi connectivity index (χ1) is 8.61. The number of pyridine rings is 1. The average molecular weight is 262 g/mol. The van der Waals surface area contributed by atoms with Gasteiger partial charge < -0.3 is 11.1 Å². The van der Waals surface area contributed by atoms with Crippen molar-refractivity contribution in [3.63, 3.8) is 0 Å². The summed E-state index contributed by atoms with van der Waals surface area (Å²) in [5.74, 6) is -0.491. The Bertz CT molecular complexity index is 599. The van der Waals surface area contributed by atoms with Crippen molar-refractivity contribution in [1.29, 1.82) is 0 Å². The van der Waals surface area contributed by atoms with Gasteiger partial charge in [-0.25, -0.2) is 4.98 Å². The fourth-order valence-corrected chi connectivity index (χ4v) is 1.85. The van der Waals surface area contributed by atoms with E-state index in [0.717, 1.165) is 5.69 Å². The molecule has 1 aromatic heterocycles. The second-order valence-corrected chi connectivity index (χ2v) is 4.11. The molecule has 0 saturated carbocycles. The van der Waals surface area contributed by atoms with Gasteiger partial charge in [0.05, 0.1) is 5.69 Å². The van der Waals surface area contributed by atoms with E-state index in [1.807, 2.05) is 6.07 Å². The Balaban J connectivity index is 2.63. The standard InChI is InChI=1S/C13H12ClN3O/c1-16-8-5-6-9(13(15)18)10(7-8)11-3-2-4-12(14)17-11/h2-7,16H,1H3,(H2,15,18). The third-order valence-corrected chi connectivity index (χ3v) is 2.78. The van der Waals surface area contributed by atoms with Gasteiger partial charge in [0, 0.05) is 23.9 Å². The summed E-state index contributed by atoms with van der Waals surface area (Å²) in [5, 5.41) is 3.38. The monoisotopic (exact) mass is 261 g/mol. The van der Waals surface area contributed by atoms with Crippen LogP contribution in [0.3, 0.4) is 0 Å². The largest absolute Gasteiger partial charge is 0.388 e. The zero-order valence-electron chi connectivity index (χ0n) is 9.77. The minimum absolute atomic E-state index is 0.373. The van der Waals surface area contributed by atoms with Crippen molar-refractivity contribution < 1.29 is 4.79 Å². The van der Waals surface area contributed by atoms with Gasteiger partial charge in [-0.15, -0.1) is 0 Å². The summed E-state index contributed by atoms with van der Waals surface area (Å²) in [4.78, 5) is 15.6. The van der Waals surface area contributed by atoms with E-state index < -0.39 is 5.91 Å². The lowest BCUT2D eigenvalue weighted by atomic mass is 10.0. The first-order valence-electron chi connectivity index (χ1n) is 5.36. The van der Waals surface area contributed by atoms with Crippen molar-refractivity contribution in [2.45, 2.75) is 0 Å². The Morgan fingerprint density at radius 3 is 2.72 bits per heavy atom. The van der Waals surface area contributed by atoms with Crippen molar-refractivity contribution in [2.75, 3.05) is 12.4 Å². The van der Waals surface area contributed by atoms with Crippen molar-refractivity contribution in [1.82, 2.24) is 4.98 Å². The van der Waals surface area contributed by atoms with E-state index in [4.69, 9.17) is 17.3 Å². The quantitative estimate of drug-likeness (QED) is 0.835. The topological polar surface area (TPSA) is 68.0 Å². The molecule has 0 aliphatic heterocycles. The molecule has 18 heavy (non-hydrogen) atoms. The predicted molar refractivity (Wildman–Crippen MR) is 72.7 cm³/mol. The van der Waals surface area contributed by atoms with Crippen molar-refractivity contribution in [3.05, 3.63) is 47.1 Å². The average Bonchev–Trinajstić information content (AvgIpc) is 2.38. The van der Waals surface area contributed by atoms with Crippen LogP contribution in [0.1, 0.15) is 10.4 Å². The normalized spacial score (nSPS) is 10.1. The molecule has 0 atom stereocenters. The molecule has 1 amide bonds. The maximum Gasteiger partial charge on any atom is 0.249 e. The van der Waals surface area contributed by atoms with E-state index in [-0.39, 0.29) is 0 Å². The van der Waals surface area contributed by atoms with Crippen LogP contribution in [0.5, 0.6) is 0 Å². The number of nitrogens with one attached hydrogen (secondary N) is 1. The summed E-state index contributed by atoms with van der Waals surface area (Å²) in [6, 6.07) is 10.5. The molecular formula is C13H12ClN3O. The molecule has 0 spiro atoms. The van der Waals surface area contributed by atoms with Gasteiger partial charge in [-0.05, 0) is 30.3 Å². The van der Waals surface area contributed by atoms with Gasteiger partial charge in [0.1, 0.15) is 5.15 Å². The Morgan fingerprint density at radius 2 is 2.11 bits per heavy atom. The molecule has 5 heteroatoms. The molecule has 2 aromatic rings. The molecule has 0 bridgehead atoms. The van der Waals surface area contributed by atoms with Gasteiger partial charge in [0.15, 0.2) is 0 Å². The highest BCUT2D eigenvalue weighted by atomic mass is 35.5. The van der Waals surface area contributed by atoms with E-state index in [9.17, 15) is 4.79 Å². The summed E-state index contributed by atoms with van der Waals surface area (Å²) in [7, 11) is 1.80. The highest BCUT2D eigenvalue weighted by Crippen LogP contribution is 2.26. The number of carbonyl (C=O) groups excluding carboxylic acids is 1. The summed E-state index contributed by atoms with van der Waals surface area (Å²) < 4.78 is 0. The van der Waals surface area contributed by atoms with Crippen LogP contribution >= 0.6 is 11.6 Å². The van der Waals surface area contributed by atoms with Crippen LogP contribution < -0.4 is 11.1 Å². The van der Waals surface area contributed by atoms with Crippen LogP contribution in [0.4, 0.5) is 5.69 Å². The fourth-order valence-electron chi connectivity index (χ4n) is 1.68. The van der Waals surface area contributed by atoms with Crippen molar-refractivity contribution in [3.8, 4) is 11.3 Å². The van der Waals surface area contributed by atoms with E-state index in [1.54, 1.807) is 37.4 Å². The Morgan fingerprint density at radius 1 is 1.33 bits per heavy atom. The highest BCUT2D eigenvalue weighted by Gasteiger charge is 2.12. The number of benzene rings is 1. The molecule has 4 nitrogen and oxygen atoms in total. The van der Waals surface area contributed by atoms with E-state index in [0.29, 0.717) is 22.0 Å². The molecule has 0 aliphatic rings. The minimum Gasteiger partial charge on any atom is -0.388 e. The zero-order chi connectivity index (χ0) is 13.1. The molecule has 1 aromatic carbocycles. The number of nitrogens with zero attached hydrogens (tertiary/aromatic N) is 1. The van der Waals surface area contributed by atoms with Gasteiger partial charge >= 0.3 is 0 Å². The van der Waals surface area contributed by atoms with Gasteiger partial charge in [0.25, 0.3) is 0 Å². The van der Waals surface area contributed by atoms with Crippen LogP contribution in [0, 0.1) is 0 Å². The SMILES string of the molecule is CNc1ccc(C(N)=O)c(-c2cccc(Cl)n2)c1. The van der Waals surface area contributed by atoms with Crippen molar-refractivity contribution in [2.24, 2.45) is 5.73 Å². The molecule has 0 fully saturated rings. The number of halogens is 1. The van der Waals surface area contributed by atoms with Crippen LogP contribution in [0.2, 0.25) is 5.15 Å². The van der Waals surface area contributed by atoms with Gasteiger partial charge in [-0.2, -0.15) is 0 Å². The number of hydrogen-bond donors (Lipinski definition) is 2. The number of aromatic nitrogens is 1. The zero-order valence-corrected chi connectivity index (χ0v) is 10.5. The number of primary amides is 1. The first-order valence-corrected chi connectivity index (χ1v) is 5.74. The van der Waals surface area contributed by atoms with Gasteiger partial charge in [-0.3, -0.25) is 4.79 Å². The minimum atomic E-state index is -0.491. The molecule has 0 unspecified atom stereocenters. The molecule has 0 radical (unpaired) electrons. The third-order valence-electron chi connectivity index (χ3n) is 2.56. The number of rotatable bonds is 3. The summed E-state index contributed by atoms with van der Waals surface area (Å²) in [6.45, 7) is 0. The Kier molecular flexibility index (Phi) is 3.48. The molecule has 2 rings (SSSR count). The lowest BCUT2D eigenvalue weighted by Crippen LogP contribution is -2.12. The number of carbonyl (C=O) groups is 1. The highest BCUT2D eigenvalue weighted by molar-refractivity contribution is 6.29. The van der Waals surface area contributed by atoms with E-state index >= 15 is 0 Å². The summed E-state index contributed by atoms with van der Waals surface area (Å²) in [6.07, 6.45) is 0. The molecule has 0 saturated heterocycles. The Labute approximate surface area is 110 Å². The van der Waals surface area contributed by atoms with Gasteiger partial charge in [0.2, 0.25) is 5.91 Å². The summed E-state index contributed by atoms with van der Waals surface area (Å²) >= 11 is 5.86. The van der Waals surface area contributed by atoms with Crippen LogP contribution in [-0.2, 0) is 0 Å². The van der Waals surface area contributed by atoms with E-state index in [2.05, 4.69) is 10.3 Å². The number of amides is 1. The van der Waals surface area contributed by atoms with Crippen LogP contribution in [0.15, 0.2) is 36.4 Å². The van der Waals surface area contributed by atoms with Crippen LogP contribution in [0.25, 0.3) is 11.3 Å². The number of anilines is 1. The number of hydrogen-bond acceptors (Lipinski definition) is 3. The molecular weight excluding hydrogens is 250 g/mol. The lowest BCUT2D eigenvalue weighted by Gasteiger charge is -2.09. The molecule has 1 heterocycles. The maximum absolute atomic E-state index is 11.4.